The van der Waals surface area contributed by atoms with Gasteiger partial charge in [-0.25, -0.2) is 0 Å². The van der Waals surface area contributed by atoms with E-state index in [0.29, 0.717) is 12.1 Å². The van der Waals surface area contributed by atoms with E-state index in [1.807, 2.05) is 42.5 Å². The van der Waals surface area contributed by atoms with Crippen molar-refractivity contribution in [1.29, 1.82) is 0 Å². The maximum Gasteiger partial charge on any atom is 0.127 e. The minimum atomic E-state index is 0.440. The molecule has 0 saturated heterocycles. The van der Waals surface area contributed by atoms with E-state index in [9.17, 15) is 0 Å². The van der Waals surface area contributed by atoms with Gasteiger partial charge in [0.2, 0.25) is 0 Å². The van der Waals surface area contributed by atoms with Crippen LogP contribution in [-0.2, 0) is 11.3 Å². The third-order valence-corrected chi connectivity index (χ3v) is 3.90. The van der Waals surface area contributed by atoms with Crippen LogP contribution in [0.25, 0.3) is 0 Å². The number of para-hydroxylation sites is 1. The maximum atomic E-state index is 5.85. The highest BCUT2D eigenvalue weighted by Gasteiger charge is 2.28. The predicted octanol–water partition coefficient (Wildman–Crippen LogP) is 3.75. The molecule has 0 aliphatic heterocycles. The van der Waals surface area contributed by atoms with Crippen molar-refractivity contribution < 1.29 is 9.47 Å². The lowest BCUT2D eigenvalue weighted by atomic mass is 9.89. The van der Waals surface area contributed by atoms with Crippen LogP contribution in [0.4, 0.5) is 0 Å². The Morgan fingerprint density at radius 1 is 1.00 bits per heavy atom. The Labute approximate surface area is 125 Å². The zero-order valence-electron chi connectivity index (χ0n) is 12.3. The summed E-state index contributed by atoms with van der Waals surface area (Å²) in [5.41, 5.74) is 1.24. The van der Waals surface area contributed by atoms with Crippen LogP contribution in [0.15, 0.2) is 54.6 Å². The summed E-state index contributed by atoms with van der Waals surface area (Å²) in [6, 6.07) is 18.7. The first kappa shape index (κ1) is 14.1. The highest BCUT2D eigenvalue weighted by atomic mass is 16.5. The summed E-state index contributed by atoms with van der Waals surface area (Å²) in [5, 5.41) is 3.56. The van der Waals surface area contributed by atoms with Gasteiger partial charge in [0, 0.05) is 19.7 Å². The molecule has 0 unspecified atom stereocenters. The molecule has 0 heterocycles. The Morgan fingerprint density at radius 2 is 1.76 bits per heavy atom. The number of methoxy groups -OCH3 is 1. The molecule has 0 spiro atoms. The van der Waals surface area contributed by atoms with Gasteiger partial charge in [-0.05, 0) is 42.7 Å². The lowest BCUT2D eigenvalue weighted by Crippen LogP contribution is -2.44. The van der Waals surface area contributed by atoms with Crippen LogP contribution in [-0.4, -0.2) is 19.3 Å². The molecule has 21 heavy (non-hydrogen) atoms. The number of benzene rings is 2. The van der Waals surface area contributed by atoms with Gasteiger partial charge < -0.3 is 14.8 Å². The summed E-state index contributed by atoms with van der Waals surface area (Å²) in [6.07, 6.45) is 2.66. The smallest absolute Gasteiger partial charge is 0.127 e. The normalized spacial score (nSPS) is 20.8. The molecule has 0 bridgehead atoms. The van der Waals surface area contributed by atoms with Crippen LogP contribution < -0.4 is 10.1 Å². The van der Waals surface area contributed by atoms with Crippen molar-refractivity contribution >= 4 is 0 Å². The highest BCUT2D eigenvalue weighted by Crippen LogP contribution is 2.24. The molecule has 2 aromatic carbocycles. The van der Waals surface area contributed by atoms with Crippen molar-refractivity contribution in [3.63, 3.8) is 0 Å². The summed E-state index contributed by atoms with van der Waals surface area (Å²) >= 11 is 0. The summed E-state index contributed by atoms with van der Waals surface area (Å²) in [4.78, 5) is 0. The minimum absolute atomic E-state index is 0.440. The van der Waals surface area contributed by atoms with Crippen LogP contribution in [0.5, 0.6) is 11.5 Å². The molecule has 3 heteroatoms. The largest absolute Gasteiger partial charge is 0.457 e. The number of hydrogen-bond acceptors (Lipinski definition) is 3. The minimum Gasteiger partial charge on any atom is -0.457 e. The second-order valence-electron chi connectivity index (χ2n) is 5.47. The van der Waals surface area contributed by atoms with Crippen molar-refractivity contribution in [2.24, 2.45) is 0 Å². The van der Waals surface area contributed by atoms with Crippen LogP contribution in [0.2, 0.25) is 0 Å². The van der Waals surface area contributed by atoms with Gasteiger partial charge in [0.15, 0.2) is 0 Å². The number of ether oxygens (including phenoxy) is 2. The first-order valence-corrected chi connectivity index (χ1v) is 7.41. The average molecular weight is 283 g/mol. The van der Waals surface area contributed by atoms with E-state index in [1.165, 1.54) is 5.56 Å². The molecule has 3 nitrogen and oxygen atoms in total. The summed E-state index contributed by atoms with van der Waals surface area (Å²) in [5.74, 6) is 1.74. The van der Waals surface area contributed by atoms with Gasteiger partial charge in [-0.15, -0.1) is 0 Å². The van der Waals surface area contributed by atoms with E-state index in [0.717, 1.165) is 30.9 Å². The van der Waals surface area contributed by atoms with Gasteiger partial charge in [0.25, 0.3) is 0 Å². The second kappa shape index (κ2) is 6.74. The lowest BCUT2D eigenvalue weighted by Gasteiger charge is -2.34. The predicted molar refractivity (Wildman–Crippen MR) is 83.6 cm³/mol. The third kappa shape index (κ3) is 3.84. The molecular weight excluding hydrogens is 262 g/mol. The van der Waals surface area contributed by atoms with Crippen molar-refractivity contribution in [2.75, 3.05) is 7.11 Å². The Balaban J connectivity index is 1.54. The van der Waals surface area contributed by atoms with Crippen LogP contribution >= 0.6 is 0 Å². The number of nitrogens with one attached hydrogen (secondary N) is 1. The fourth-order valence-corrected chi connectivity index (χ4v) is 2.53. The standard InChI is InChI=1S/C18H21NO2/c1-20-18-11-15(12-18)19-13-14-6-5-9-17(10-14)21-16-7-3-2-4-8-16/h2-10,15,18-19H,11-13H2,1H3. The van der Waals surface area contributed by atoms with Gasteiger partial charge >= 0.3 is 0 Å². The Bertz CT molecular complexity index is 564. The van der Waals surface area contributed by atoms with E-state index in [1.54, 1.807) is 7.11 Å². The zero-order chi connectivity index (χ0) is 14.5. The molecule has 0 radical (unpaired) electrons. The molecule has 1 aliphatic rings. The molecule has 1 N–H and O–H groups in total. The van der Waals surface area contributed by atoms with Crippen molar-refractivity contribution in [2.45, 2.75) is 31.5 Å². The van der Waals surface area contributed by atoms with Gasteiger partial charge in [-0.3, -0.25) is 0 Å². The van der Waals surface area contributed by atoms with Gasteiger partial charge in [0.05, 0.1) is 6.10 Å². The molecule has 0 amide bonds. The Morgan fingerprint density at radius 3 is 2.52 bits per heavy atom. The van der Waals surface area contributed by atoms with Crippen LogP contribution in [0.1, 0.15) is 18.4 Å². The third-order valence-electron chi connectivity index (χ3n) is 3.90. The number of hydrogen-bond donors (Lipinski definition) is 1. The molecule has 110 valence electrons. The van der Waals surface area contributed by atoms with E-state index in [4.69, 9.17) is 9.47 Å². The summed E-state index contributed by atoms with van der Waals surface area (Å²) in [7, 11) is 1.78. The molecule has 1 saturated carbocycles. The van der Waals surface area contributed by atoms with Crippen LogP contribution in [0, 0.1) is 0 Å². The van der Waals surface area contributed by atoms with Crippen molar-refractivity contribution in [3.05, 3.63) is 60.2 Å². The van der Waals surface area contributed by atoms with Gasteiger partial charge in [-0.2, -0.15) is 0 Å². The summed E-state index contributed by atoms with van der Waals surface area (Å²) in [6.45, 7) is 0.868. The first-order valence-electron chi connectivity index (χ1n) is 7.41. The van der Waals surface area contributed by atoms with E-state index in [2.05, 4.69) is 17.4 Å². The van der Waals surface area contributed by atoms with Gasteiger partial charge in [-0.1, -0.05) is 30.3 Å². The summed E-state index contributed by atoms with van der Waals surface area (Å²) < 4.78 is 11.1. The zero-order valence-corrected chi connectivity index (χ0v) is 12.3. The fraction of sp³-hybridized carbons (Fsp3) is 0.333. The second-order valence-corrected chi connectivity index (χ2v) is 5.47. The maximum absolute atomic E-state index is 5.85. The topological polar surface area (TPSA) is 30.5 Å². The number of rotatable bonds is 6. The molecule has 1 fully saturated rings. The highest BCUT2D eigenvalue weighted by molar-refractivity contribution is 5.33. The molecule has 3 rings (SSSR count). The Hall–Kier alpha value is -1.84. The van der Waals surface area contributed by atoms with Crippen molar-refractivity contribution in [1.82, 2.24) is 5.32 Å². The molecule has 0 atom stereocenters. The average Bonchev–Trinajstić information content (AvgIpc) is 2.47. The first-order chi connectivity index (χ1) is 10.3. The monoisotopic (exact) mass is 283 g/mol. The lowest BCUT2D eigenvalue weighted by molar-refractivity contribution is 0.0170. The fourth-order valence-electron chi connectivity index (χ4n) is 2.53. The quantitative estimate of drug-likeness (QED) is 0.876. The molecule has 1 aliphatic carbocycles. The molecule has 2 aromatic rings. The van der Waals surface area contributed by atoms with Crippen molar-refractivity contribution in [3.8, 4) is 11.5 Å². The Kier molecular flexibility index (Phi) is 4.53. The van der Waals surface area contributed by atoms with E-state index in [-0.39, 0.29) is 0 Å². The van der Waals surface area contributed by atoms with Gasteiger partial charge in [0.1, 0.15) is 11.5 Å². The van der Waals surface area contributed by atoms with E-state index < -0.39 is 0 Å². The SMILES string of the molecule is COC1CC(NCc2cccc(Oc3ccccc3)c2)C1. The molecule has 0 aromatic heterocycles. The van der Waals surface area contributed by atoms with Crippen LogP contribution in [0.3, 0.4) is 0 Å². The van der Waals surface area contributed by atoms with E-state index >= 15 is 0 Å². The molecular formula is C18H21NO2.